The summed E-state index contributed by atoms with van der Waals surface area (Å²) in [6, 6.07) is 4.15. The maximum Gasteiger partial charge on any atom is 0.118 e. The van der Waals surface area contributed by atoms with Gasteiger partial charge in [0.25, 0.3) is 0 Å². The first-order valence-corrected chi connectivity index (χ1v) is 8.08. The van der Waals surface area contributed by atoms with Crippen molar-refractivity contribution in [2.24, 2.45) is 5.41 Å². The van der Waals surface area contributed by atoms with Crippen molar-refractivity contribution in [2.45, 2.75) is 52.5 Å². The lowest BCUT2D eigenvalue weighted by atomic mass is 9.73. The van der Waals surface area contributed by atoms with E-state index in [-0.39, 0.29) is 0 Å². The van der Waals surface area contributed by atoms with E-state index in [0.29, 0.717) is 5.41 Å². The van der Waals surface area contributed by atoms with E-state index in [9.17, 15) is 0 Å². The first-order valence-electron chi connectivity index (χ1n) is 8.08. The lowest BCUT2D eigenvalue weighted by Gasteiger charge is -2.40. The van der Waals surface area contributed by atoms with Crippen molar-refractivity contribution in [3.05, 3.63) is 23.7 Å². The molecule has 0 saturated heterocycles. The summed E-state index contributed by atoms with van der Waals surface area (Å²) in [5.41, 5.74) is 0.463. The van der Waals surface area contributed by atoms with E-state index in [4.69, 9.17) is 4.42 Å². The maximum atomic E-state index is 5.70. The molecule has 1 aliphatic carbocycles. The van der Waals surface area contributed by atoms with Gasteiger partial charge in [-0.2, -0.15) is 0 Å². The quantitative estimate of drug-likeness (QED) is 0.826. The van der Waals surface area contributed by atoms with Crippen molar-refractivity contribution >= 4 is 0 Å². The van der Waals surface area contributed by atoms with Gasteiger partial charge in [0.2, 0.25) is 0 Å². The molecule has 1 fully saturated rings. The molecule has 0 spiro atoms. The second-order valence-electron chi connectivity index (χ2n) is 6.53. The van der Waals surface area contributed by atoms with Crippen molar-refractivity contribution in [1.29, 1.82) is 0 Å². The van der Waals surface area contributed by atoms with Gasteiger partial charge in [-0.1, -0.05) is 26.2 Å². The molecule has 1 saturated carbocycles. The van der Waals surface area contributed by atoms with Gasteiger partial charge in [-0.3, -0.25) is 4.90 Å². The highest BCUT2D eigenvalue weighted by atomic mass is 16.3. The van der Waals surface area contributed by atoms with Gasteiger partial charge in [-0.25, -0.2) is 0 Å². The molecule has 114 valence electrons. The molecule has 0 amide bonds. The number of hydrogen-bond acceptors (Lipinski definition) is 3. The lowest BCUT2D eigenvalue weighted by molar-refractivity contribution is 0.110. The zero-order valence-electron chi connectivity index (χ0n) is 13.4. The van der Waals surface area contributed by atoms with E-state index >= 15 is 0 Å². The summed E-state index contributed by atoms with van der Waals surface area (Å²) in [7, 11) is 2.22. The van der Waals surface area contributed by atoms with Crippen molar-refractivity contribution in [1.82, 2.24) is 10.2 Å². The fraction of sp³-hybridized carbons (Fsp3) is 0.765. The van der Waals surface area contributed by atoms with Crippen LogP contribution in [0, 0.1) is 12.3 Å². The molecule has 3 nitrogen and oxygen atoms in total. The number of nitrogens with one attached hydrogen (secondary N) is 1. The first kappa shape index (κ1) is 15.6. The Morgan fingerprint density at radius 2 is 2.00 bits per heavy atom. The summed E-state index contributed by atoms with van der Waals surface area (Å²) in [6.07, 6.45) is 6.91. The van der Waals surface area contributed by atoms with Crippen LogP contribution >= 0.6 is 0 Å². The SMILES string of the molecule is CCNCC1(CN(C)Cc2ccc(C)o2)CCCCC1. The van der Waals surface area contributed by atoms with Crippen LogP contribution in [-0.4, -0.2) is 31.6 Å². The smallest absolute Gasteiger partial charge is 0.118 e. The Hall–Kier alpha value is -0.800. The van der Waals surface area contributed by atoms with Crippen molar-refractivity contribution < 1.29 is 4.42 Å². The fourth-order valence-corrected chi connectivity index (χ4v) is 3.55. The zero-order chi connectivity index (χ0) is 14.4. The highest BCUT2D eigenvalue weighted by Gasteiger charge is 2.32. The van der Waals surface area contributed by atoms with Crippen molar-refractivity contribution in [3.63, 3.8) is 0 Å². The van der Waals surface area contributed by atoms with Crippen LogP contribution in [0.5, 0.6) is 0 Å². The normalized spacial score (nSPS) is 18.6. The van der Waals surface area contributed by atoms with Crippen molar-refractivity contribution in [3.8, 4) is 0 Å². The number of furan rings is 1. The van der Waals surface area contributed by atoms with E-state index in [0.717, 1.165) is 31.2 Å². The third kappa shape index (κ3) is 4.35. The summed E-state index contributed by atoms with van der Waals surface area (Å²) in [4.78, 5) is 2.43. The molecule has 1 aliphatic rings. The monoisotopic (exact) mass is 278 g/mol. The number of rotatable bonds is 7. The van der Waals surface area contributed by atoms with E-state index in [2.05, 4.69) is 36.3 Å². The molecule has 1 heterocycles. The molecule has 0 bridgehead atoms. The fourth-order valence-electron chi connectivity index (χ4n) is 3.55. The van der Waals surface area contributed by atoms with Crippen LogP contribution in [-0.2, 0) is 6.54 Å². The minimum atomic E-state index is 0.463. The topological polar surface area (TPSA) is 28.4 Å². The molecule has 0 atom stereocenters. The Bertz CT molecular complexity index is 393. The summed E-state index contributed by atoms with van der Waals surface area (Å²) in [5, 5.41) is 3.58. The predicted molar refractivity (Wildman–Crippen MR) is 83.8 cm³/mol. The van der Waals surface area contributed by atoms with Crippen LogP contribution in [0.4, 0.5) is 0 Å². The third-order valence-electron chi connectivity index (χ3n) is 4.49. The summed E-state index contributed by atoms with van der Waals surface area (Å²) in [6.45, 7) is 8.53. The third-order valence-corrected chi connectivity index (χ3v) is 4.49. The average Bonchev–Trinajstić information content (AvgIpc) is 2.82. The highest BCUT2D eigenvalue weighted by molar-refractivity contribution is 5.05. The standard InChI is InChI=1S/C17H30N2O/c1-4-18-13-17(10-6-5-7-11-17)14-19(3)12-16-9-8-15(2)20-16/h8-9,18H,4-7,10-14H2,1-3H3. The molecule has 0 unspecified atom stereocenters. The molecule has 0 radical (unpaired) electrons. The van der Waals surface area contributed by atoms with E-state index in [1.165, 1.54) is 38.6 Å². The second-order valence-corrected chi connectivity index (χ2v) is 6.53. The largest absolute Gasteiger partial charge is 0.465 e. The van der Waals surface area contributed by atoms with Crippen LogP contribution < -0.4 is 5.32 Å². The van der Waals surface area contributed by atoms with Crippen LogP contribution in [0.25, 0.3) is 0 Å². The molecule has 2 rings (SSSR count). The van der Waals surface area contributed by atoms with Gasteiger partial charge in [0.05, 0.1) is 6.54 Å². The van der Waals surface area contributed by atoms with Gasteiger partial charge in [0, 0.05) is 13.1 Å². The predicted octanol–water partition coefficient (Wildman–Crippen LogP) is 3.58. The van der Waals surface area contributed by atoms with E-state index in [1.54, 1.807) is 0 Å². The minimum absolute atomic E-state index is 0.463. The molecule has 0 aromatic carbocycles. The van der Waals surface area contributed by atoms with E-state index < -0.39 is 0 Å². The summed E-state index contributed by atoms with van der Waals surface area (Å²) < 4.78 is 5.70. The lowest BCUT2D eigenvalue weighted by Crippen LogP contribution is -2.44. The van der Waals surface area contributed by atoms with Gasteiger partial charge < -0.3 is 9.73 Å². The molecule has 1 N–H and O–H groups in total. The molecule has 1 aromatic rings. The van der Waals surface area contributed by atoms with Crippen molar-refractivity contribution in [2.75, 3.05) is 26.7 Å². The van der Waals surface area contributed by atoms with Gasteiger partial charge in [0.15, 0.2) is 0 Å². The van der Waals surface area contributed by atoms with Gasteiger partial charge >= 0.3 is 0 Å². The highest BCUT2D eigenvalue weighted by Crippen LogP contribution is 2.36. The molecule has 0 aliphatic heterocycles. The average molecular weight is 278 g/mol. The second kappa shape index (κ2) is 7.28. The van der Waals surface area contributed by atoms with Gasteiger partial charge in [-0.15, -0.1) is 0 Å². The Labute approximate surface area is 123 Å². The molecular weight excluding hydrogens is 248 g/mol. The van der Waals surface area contributed by atoms with E-state index in [1.807, 2.05) is 6.92 Å². The number of nitrogens with zero attached hydrogens (tertiary/aromatic N) is 1. The molecule has 20 heavy (non-hydrogen) atoms. The molecule has 1 aromatic heterocycles. The number of aryl methyl sites for hydroxylation is 1. The van der Waals surface area contributed by atoms with Gasteiger partial charge in [-0.05, 0) is 50.9 Å². The van der Waals surface area contributed by atoms with Crippen LogP contribution in [0.15, 0.2) is 16.5 Å². The Morgan fingerprint density at radius 3 is 2.60 bits per heavy atom. The Kier molecular flexibility index (Phi) is 5.67. The summed E-state index contributed by atoms with van der Waals surface area (Å²) >= 11 is 0. The number of hydrogen-bond donors (Lipinski definition) is 1. The Balaban J connectivity index is 1.92. The van der Waals surface area contributed by atoms with Crippen LogP contribution in [0.2, 0.25) is 0 Å². The maximum absolute atomic E-state index is 5.70. The zero-order valence-corrected chi connectivity index (χ0v) is 13.4. The van der Waals surface area contributed by atoms with Gasteiger partial charge in [0.1, 0.15) is 11.5 Å². The molecular formula is C17H30N2O. The van der Waals surface area contributed by atoms with Crippen LogP contribution in [0.1, 0.15) is 50.5 Å². The van der Waals surface area contributed by atoms with Crippen LogP contribution in [0.3, 0.4) is 0 Å². The minimum Gasteiger partial charge on any atom is -0.465 e. The summed E-state index contributed by atoms with van der Waals surface area (Å²) in [5.74, 6) is 2.09. The Morgan fingerprint density at radius 1 is 1.25 bits per heavy atom. The first-order chi connectivity index (χ1) is 9.63. The molecule has 3 heteroatoms.